The van der Waals surface area contributed by atoms with Gasteiger partial charge in [-0.05, 0) is 43.2 Å². The number of ether oxygens (including phenoxy) is 1. The van der Waals surface area contributed by atoms with Gasteiger partial charge in [-0.1, -0.05) is 33.6 Å². The maximum atomic E-state index is 12.6. The number of carbonyl (C=O) groups is 1. The number of hydrogen-bond acceptors (Lipinski definition) is 4. The van der Waals surface area contributed by atoms with Crippen LogP contribution in [0.25, 0.3) is 0 Å². The fourth-order valence-corrected chi connectivity index (χ4v) is 4.34. The summed E-state index contributed by atoms with van der Waals surface area (Å²) in [7, 11) is 0. The molecule has 0 spiro atoms. The van der Waals surface area contributed by atoms with E-state index in [9.17, 15) is 4.79 Å². The average Bonchev–Trinajstić information content (AvgIpc) is 2.95. The Morgan fingerprint density at radius 3 is 2.56 bits per heavy atom. The van der Waals surface area contributed by atoms with Crippen LogP contribution in [0.1, 0.15) is 69.7 Å². The first-order valence-corrected chi connectivity index (χ1v) is 10.6. The molecule has 5 nitrogen and oxygen atoms in total. The van der Waals surface area contributed by atoms with Crippen molar-refractivity contribution in [3.05, 3.63) is 23.9 Å². The number of amides is 1. The Morgan fingerprint density at radius 2 is 1.93 bits per heavy atom. The first-order valence-electron chi connectivity index (χ1n) is 10.6. The van der Waals surface area contributed by atoms with E-state index in [-0.39, 0.29) is 17.4 Å². The van der Waals surface area contributed by atoms with E-state index >= 15 is 0 Å². The topological polar surface area (TPSA) is 54.5 Å². The van der Waals surface area contributed by atoms with Crippen molar-refractivity contribution in [1.29, 1.82) is 0 Å². The molecular weight excluding hydrogens is 338 g/mol. The summed E-state index contributed by atoms with van der Waals surface area (Å²) in [5.74, 6) is 1.32. The monoisotopic (exact) mass is 373 g/mol. The molecule has 5 heteroatoms. The third kappa shape index (κ3) is 5.44. The third-order valence-corrected chi connectivity index (χ3v) is 5.76. The Kier molecular flexibility index (Phi) is 6.74. The quantitative estimate of drug-likeness (QED) is 0.866. The van der Waals surface area contributed by atoms with E-state index in [4.69, 9.17) is 4.74 Å². The van der Waals surface area contributed by atoms with Gasteiger partial charge >= 0.3 is 0 Å². The van der Waals surface area contributed by atoms with E-state index in [1.165, 1.54) is 25.7 Å². The summed E-state index contributed by atoms with van der Waals surface area (Å²) in [6.07, 6.45) is 9.14. The summed E-state index contributed by atoms with van der Waals surface area (Å²) >= 11 is 0. The highest BCUT2D eigenvalue weighted by molar-refractivity contribution is 5.94. The van der Waals surface area contributed by atoms with E-state index in [1.807, 2.05) is 12.1 Å². The van der Waals surface area contributed by atoms with Gasteiger partial charge in [-0.2, -0.15) is 0 Å². The van der Waals surface area contributed by atoms with Crippen molar-refractivity contribution in [2.24, 2.45) is 11.3 Å². The van der Waals surface area contributed by atoms with Gasteiger partial charge in [0.15, 0.2) is 0 Å². The molecule has 2 atom stereocenters. The van der Waals surface area contributed by atoms with Crippen molar-refractivity contribution >= 4 is 11.7 Å². The molecule has 150 valence electrons. The highest BCUT2D eigenvalue weighted by Gasteiger charge is 2.35. The van der Waals surface area contributed by atoms with Crippen LogP contribution in [-0.2, 0) is 4.74 Å². The van der Waals surface area contributed by atoms with Gasteiger partial charge in [0.2, 0.25) is 0 Å². The van der Waals surface area contributed by atoms with E-state index < -0.39 is 0 Å². The van der Waals surface area contributed by atoms with Gasteiger partial charge < -0.3 is 15.0 Å². The number of rotatable bonds is 4. The van der Waals surface area contributed by atoms with Gasteiger partial charge in [-0.3, -0.25) is 4.79 Å². The lowest BCUT2D eigenvalue weighted by molar-refractivity contribution is -0.0839. The second-order valence-corrected chi connectivity index (χ2v) is 9.08. The second kappa shape index (κ2) is 9.05. The molecule has 0 aliphatic carbocycles. The third-order valence-electron chi connectivity index (χ3n) is 5.76. The molecule has 1 amide bonds. The fraction of sp³-hybridized carbons (Fsp3) is 0.727. The number of nitrogens with zero attached hydrogens (tertiary/aromatic N) is 2. The molecular formula is C22H35N3O2. The minimum Gasteiger partial charge on any atom is -0.377 e. The molecule has 2 unspecified atom stereocenters. The standard InChI is InChI=1S/C22H35N3O2/c1-22(2,3)20-17(9-8-14-27-20)15-24-21(26)18-10-11-19(23-16-18)25-12-6-4-5-7-13-25/h10-11,16-17,20H,4-9,12-15H2,1-3H3,(H,24,26). The van der Waals surface area contributed by atoms with E-state index in [0.29, 0.717) is 18.0 Å². The maximum Gasteiger partial charge on any atom is 0.252 e. The van der Waals surface area contributed by atoms with Crippen LogP contribution in [0.4, 0.5) is 5.82 Å². The molecule has 1 N–H and O–H groups in total. The Labute approximate surface area is 163 Å². The zero-order chi connectivity index (χ0) is 19.3. The first-order chi connectivity index (χ1) is 12.9. The van der Waals surface area contributed by atoms with Crippen LogP contribution in [-0.4, -0.2) is 43.2 Å². The summed E-state index contributed by atoms with van der Waals surface area (Å²) in [4.78, 5) is 19.5. The van der Waals surface area contributed by atoms with Crippen molar-refractivity contribution in [2.75, 3.05) is 31.1 Å². The molecule has 1 aromatic heterocycles. The van der Waals surface area contributed by atoms with Gasteiger partial charge in [-0.15, -0.1) is 0 Å². The summed E-state index contributed by atoms with van der Waals surface area (Å²) in [5.41, 5.74) is 0.726. The fourth-order valence-electron chi connectivity index (χ4n) is 4.34. The number of aromatic nitrogens is 1. The minimum absolute atomic E-state index is 0.0388. The predicted octanol–water partition coefficient (Wildman–Crippen LogP) is 4.03. The molecule has 1 aromatic rings. The number of carbonyl (C=O) groups excluding carboxylic acids is 1. The summed E-state index contributed by atoms with van der Waals surface area (Å²) in [5, 5.41) is 3.11. The molecule has 3 rings (SSSR count). The van der Waals surface area contributed by atoms with Gasteiger partial charge in [0.1, 0.15) is 5.82 Å². The smallest absolute Gasteiger partial charge is 0.252 e. The summed E-state index contributed by atoms with van der Waals surface area (Å²) < 4.78 is 6.02. The predicted molar refractivity (Wildman–Crippen MR) is 109 cm³/mol. The Balaban J connectivity index is 1.56. The lowest BCUT2D eigenvalue weighted by Crippen LogP contribution is -2.45. The van der Waals surface area contributed by atoms with Crippen LogP contribution in [0, 0.1) is 11.3 Å². The molecule has 2 saturated heterocycles. The number of nitrogens with one attached hydrogen (secondary N) is 1. The lowest BCUT2D eigenvalue weighted by atomic mass is 9.78. The van der Waals surface area contributed by atoms with Gasteiger partial charge in [-0.25, -0.2) is 4.98 Å². The Hall–Kier alpha value is -1.62. The molecule has 2 fully saturated rings. The SMILES string of the molecule is CC(C)(C)C1OCCCC1CNC(=O)c1ccc(N2CCCCCC2)nc1. The van der Waals surface area contributed by atoms with Crippen LogP contribution in [0.3, 0.4) is 0 Å². The largest absolute Gasteiger partial charge is 0.377 e. The number of anilines is 1. The second-order valence-electron chi connectivity index (χ2n) is 9.08. The van der Waals surface area contributed by atoms with Gasteiger partial charge in [0, 0.05) is 38.4 Å². The molecule has 2 aliphatic heterocycles. The molecule has 2 aliphatic rings. The minimum atomic E-state index is -0.0388. The maximum absolute atomic E-state index is 12.6. The molecule has 3 heterocycles. The van der Waals surface area contributed by atoms with E-state index in [2.05, 4.69) is 36.0 Å². The van der Waals surface area contributed by atoms with E-state index in [1.54, 1.807) is 6.20 Å². The first kappa shape index (κ1) is 20.1. The van der Waals surface area contributed by atoms with Crippen molar-refractivity contribution in [3.8, 4) is 0 Å². The lowest BCUT2D eigenvalue weighted by Gasteiger charge is -2.40. The van der Waals surface area contributed by atoms with Crippen LogP contribution in [0.15, 0.2) is 18.3 Å². The van der Waals surface area contributed by atoms with Crippen LogP contribution < -0.4 is 10.2 Å². The Bertz CT molecular complexity index is 601. The molecule has 0 bridgehead atoms. The number of pyridine rings is 1. The van der Waals surface area contributed by atoms with E-state index in [0.717, 1.165) is 38.4 Å². The summed E-state index contributed by atoms with van der Waals surface area (Å²) in [6, 6.07) is 3.89. The molecule has 0 saturated carbocycles. The van der Waals surface area contributed by atoms with Crippen LogP contribution in [0.5, 0.6) is 0 Å². The summed E-state index contributed by atoms with van der Waals surface area (Å²) in [6.45, 7) is 10.3. The van der Waals surface area contributed by atoms with Crippen LogP contribution in [0.2, 0.25) is 0 Å². The van der Waals surface area contributed by atoms with Crippen molar-refractivity contribution < 1.29 is 9.53 Å². The highest BCUT2D eigenvalue weighted by Crippen LogP contribution is 2.33. The highest BCUT2D eigenvalue weighted by atomic mass is 16.5. The zero-order valence-corrected chi connectivity index (χ0v) is 17.2. The van der Waals surface area contributed by atoms with Crippen molar-refractivity contribution in [1.82, 2.24) is 10.3 Å². The normalized spacial score (nSPS) is 24.3. The van der Waals surface area contributed by atoms with Gasteiger partial charge in [0.25, 0.3) is 5.91 Å². The number of hydrogen-bond donors (Lipinski definition) is 1. The van der Waals surface area contributed by atoms with Crippen molar-refractivity contribution in [2.45, 2.75) is 65.4 Å². The Morgan fingerprint density at radius 1 is 1.19 bits per heavy atom. The molecule has 0 aromatic carbocycles. The van der Waals surface area contributed by atoms with Crippen molar-refractivity contribution in [3.63, 3.8) is 0 Å². The van der Waals surface area contributed by atoms with Gasteiger partial charge in [0.05, 0.1) is 11.7 Å². The molecule has 0 radical (unpaired) electrons. The van der Waals surface area contributed by atoms with Crippen LogP contribution >= 0.6 is 0 Å². The average molecular weight is 374 g/mol. The zero-order valence-electron chi connectivity index (χ0n) is 17.2. The molecule has 27 heavy (non-hydrogen) atoms.